The highest BCUT2D eigenvalue weighted by Crippen LogP contribution is 2.46. The van der Waals surface area contributed by atoms with E-state index in [4.69, 9.17) is 24.2 Å². The summed E-state index contributed by atoms with van der Waals surface area (Å²) >= 11 is 1.16. The van der Waals surface area contributed by atoms with Gasteiger partial charge in [-0.2, -0.15) is 0 Å². The molecule has 4 aromatic rings. The summed E-state index contributed by atoms with van der Waals surface area (Å²) < 4.78 is 48.1. The number of ether oxygens (including phenoxy) is 3. The molecule has 2 saturated heterocycles. The molecule has 6 bridgehead atoms. The van der Waals surface area contributed by atoms with Crippen LogP contribution >= 0.6 is 11.3 Å². The van der Waals surface area contributed by atoms with Crippen LogP contribution in [-0.4, -0.2) is 119 Å². The zero-order chi connectivity index (χ0) is 47.0. The number of alkyl halides is 2. The van der Waals surface area contributed by atoms with E-state index in [1.54, 1.807) is 7.11 Å². The summed E-state index contributed by atoms with van der Waals surface area (Å²) in [7, 11) is 3.83. The summed E-state index contributed by atoms with van der Waals surface area (Å²) in [5, 5.41) is 17.8. The van der Waals surface area contributed by atoms with E-state index in [1.165, 1.54) is 5.01 Å². The molecule has 3 fully saturated rings. The minimum Gasteiger partial charge on any atom is -0.464 e. The highest BCUT2D eigenvalue weighted by Gasteiger charge is 2.50. The van der Waals surface area contributed by atoms with Crippen LogP contribution in [0, 0.1) is 23.2 Å². The van der Waals surface area contributed by atoms with Crippen LogP contribution in [0.4, 0.5) is 8.78 Å². The van der Waals surface area contributed by atoms with Crippen LogP contribution in [0.2, 0.25) is 0 Å². The van der Waals surface area contributed by atoms with Gasteiger partial charge >= 0.3 is 5.97 Å². The number of rotatable bonds is 11. The first-order chi connectivity index (χ1) is 31.6. The number of amides is 2. The fourth-order valence-electron chi connectivity index (χ4n) is 10.2. The Bertz CT molecular complexity index is 2400. The number of thiazole rings is 1. The molecule has 1 aromatic carbocycles. The predicted octanol–water partition coefficient (Wildman–Crippen LogP) is 7.06. The molecule has 14 nitrogen and oxygen atoms in total. The number of aliphatic hydroxyl groups is 1. The number of likely N-dealkylation sites (tertiary alicyclic amines) is 1. The largest absolute Gasteiger partial charge is 0.464 e. The quantitative estimate of drug-likeness (QED) is 0.132. The van der Waals surface area contributed by atoms with Gasteiger partial charge < -0.3 is 34.1 Å². The number of hydrazine groups is 1. The highest BCUT2D eigenvalue weighted by atomic mass is 32.1. The first-order valence-corrected chi connectivity index (χ1v) is 24.3. The monoisotopic (exact) mass is 933 g/mol. The third kappa shape index (κ3) is 10.1. The molecule has 1 aliphatic carbocycles. The maximum atomic E-state index is 14.6. The molecule has 8 rings (SSSR count). The van der Waals surface area contributed by atoms with Gasteiger partial charge in [0.1, 0.15) is 29.8 Å². The van der Waals surface area contributed by atoms with Crippen molar-refractivity contribution < 1.29 is 42.5 Å². The number of aliphatic hydroxyl groups excluding tert-OH is 1. The fourth-order valence-corrected chi connectivity index (χ4v) is 11.1. The number of hydrogen-bond donors (Lipinski definition) is 3. The van der Waals surface area contributed by atoms with Gasteiger partial charge in [-0.05, 0) is 113 Å². The average Bonchev–Trinajstić information content (AvgIpc) is 3.57. The van der Waals surface area contributed by atoms with Gasteiger partial charge in [-0.25, -0.2) is 19.2 Å². The van der Waals surface area contributed by atoms with Crippen LogP contribution in [-0.2, 0) is 41.6 Å². The van der Waals surface area contributed by atoms with Crippen LogP contribution in [0.3, 0.4) is 0 Å². The SMILES string of the molecule is CO[C@@H](C)c1ncc([C@H]2CCCN(C)CC2)cc1-c1c2c3cc(ccc3n1CCO)-c1csc(n1)[C@@H](OCC(F)F)[C@H](NC(=O)C1[C@@H](C)[C@H]1C)C(=O)N1CCC[C@H](N1)C(=O)OCC(C)(C)C2. The van der Waals surface area contributed by atoms with E-state index in [9.17, 15) is 28.3 Å². The van der Waals surface area contributed by atoms with Crippen LogP contribution in [0.1, 0.15) is 107 Å². The van der Waals surface area contributed by atoms with Crippen molar-refractivity contribution in [1.82, 2.24) is 35.2 Å². The molecular formula is C49H65F2N7O7S. The number of esters is 1. The lowest BCUT2D eigenvalue weighted by molar-refractivity contribution is -0.157. The lowest BCUT2D eigenvalue weighted by Crippen LogP contribution is -2.61. The second kappa shape index (κ2) is 20.1. The van der Waals surface area contributed by atoms with E-state index in [1.807, 2.05) is 44.5 Å². The molecule has 6 heterocycles. The van der Waals surface area contributed by atoms with Gasteiger partial charge in [-0.15, -0.1) is 11.3 Å². The molecular weight excluding hydrogens is 869 g/mol. The number of carbonyl (C=O) groups excluding carboxylic acids is 3. The van der Waals surface area contributed by atoms with Crippen LogP contribution in [0.25, 0.3) is 33.4 Å². The summed E-state index contributed by atoms with van der Waals surface area (Å²) in [6.45, 7) is 11.4. The van der Waals surface area contributed by atoms with E-state index >= 15 is 0 Å². The van der Waals surface area contributed by atoms with Crippen LogP contribution < -0.4 is 10.7 Å². The number of hydrogen-bond acceptors (Lipinski definition) is 12. The summed E-state index contributed by atoms with van der Waals surface area (Å²) in [5.41, 5.74) is 9.26. The molecule has 17 heteroatoms. The number of cyclic esters (lactones) is 1. The molecule has 3 aliphatic heterocycles. The maximum Gasteiger partial charge on any atom is 0.324 e. The van der Waals surface area contributed by atoms with Crippen molar-refractivity contribution in [2.24, 2.45) is 23.2 Å². The van der Waals surface area contributed by atoms with Crippen molar-refractivity contribution in [3.63, 3.8) is 0 Å². The van der Waals surface area contributed by atoms with Crippen molar-refractivity contribution in [1.29, 1.82) is 0 Å². The Hall–Kier alpha value is -4.39. The first kappa shape index (κ1) is 48.1. The Labute approximate surface area is 389 Å². The predicted molar refractivity (Wildman–Crippen MR) is 248 cm³/mol. The Balaban J connectivity index is 1.31. The third-order valence-corrected chi connectivity index (χ3v) is 15.2. The number of pyridine rings is 1. The zero-order valence-corrected chi connectivity index (χ0v) is 40.0. The molecule has 3 N–H and O–H groups in total. The number of halogens is 2. The topological polar surface area (TPSA) is 160 Å². The number of fused-ring (bicyclic) bond motifs is 6. The van der Waals surface area contributed by atoms with Gasteiger partial charge in [0, 0.05) is 65.1 Å². The summed E-state index contributed by atoms with van der Waals surface area (Å²) in [5.74, 6) is -1.44. The maximum absolute atomic E-state index is 14.6. The van der Waals surface area contributed by atoms with E-state index < -0.39 is 48.5 Å². The number of carbonyl (C=O) groups is 3. The summed E-state index contributed by atoms with van der Waals surface area (Å²) in [4.78, 5) is 54.8. The number of aromatic nitrogens is 3. The number of benzene rings is 1. The smallest absolute Gasteiger partial charge is 0.324 e. The van der Waals surface area contributed by atoms with Gasteiger partial charge in [0.05, 0.1) is 36.4 Å². The Morgan fingerprint density at radius 1 is 1.11 bits per heavy atom. The van der Waals surface area contributed by atoms with Gasteiger partial charge in [-0.3, -0.25) is 24.4 Å². The Morgan fingerprint density at radius 3 is 2.61 bits per heavy atom. The van der Waals surface area contributed by atoms with Gasteiger partial charge in [0.25, 0.3) is 12.3 Å². The normalized spacial score (nSPS) is 26.8. The van der Waals surface area contributed by atoms with E-state index in [2.05, 4.69) is 53.2 Å². The zero-order valence-electron chi connectivity index (χ0n) is 39.1. The van der Waals surface area contributed by atoms with Gasteiger partial charge in [-0.1, -0.05) is 33.8 Å². The molecule has 0 radical (unpaired) electrons. The Kier molecular flexibility index (Phi) is 14.6. The third-order valence-electron chi connectivity index (χ3n) is 14.3. The lowest BCUT2D eigenvalue weighted by atomic mass is 9.83. The second-order valence-electron chi connectivity index (χ2n) is 19.7. The number of nitrogens with one attached hydrogen (secondary N) is 2. The van der Waals surface area contributed by atoms with Crippen molar-refractivity contribution >= 4 is 40.0 Å². The fraction of sp³-hybridized carbons (Fsp3) is 0.612. The molecule has 8 atom stereocenters. The molecule has 66 heavy (non-hydrogen) atoms. The minimum absolute atomic E-state index is 0.0500. The van der Waals surface area contributed by atoms with E-state index in [-0.39, 0.29) is 61.1 Å². The number of nitrogens with zero attached hydrogens (tertiary/aromatic N) is 5. The second-order valence-corrected chi connectivity index (χ2v) is 20.5. The van der Waals surface area contributed by atoms with Crippen LogP contribution in [0.15, 0.2) is 35.8 Å². The van der Waals surface area contributed by atoms with Crippen molar-refractivity contribution in [2.45, 2.75) is 116 Å². The molecule has 0 spiro atoms. The first-order valence-electron chi connectivity index (χ1n) is 23.5. The molecule has 1 unspecified atom stereocenters. The van der Waals surface area contributed by atoms with Crippen molar-refractivity contribution in [3.05, 3.63) is 57.7 Å². The Morgan fingerprint density at radius 2 is 1.88 bits per heavy atom. The molecule has 358 valence electrons. The van der Waals surface area contributed by atoms with E-state index in [0.29, 0.717) is 30.9 Å². The number of methoxy groups -OCH3 is 1. The van der Waals surface area contributed by atoms with Gasteiger partial charge in [0.2, 0.25) is 5.91 Å². The molecule has 2 amide bonds. The minimum atomic E-state index is -2.86. The summed E-state index contributed by atoms with van der Waals surface area (Å²) in [6, 6.07) is 5.94. The lowest BCUT2D eigenvalue weighted by Gasteiger charge is -2.37. The molecule has 3 aromatic heterocycles. The van der Waals surface area contributed by atoms with Gasteiger partial charge in [0.15, 0.2) is 0 Å². The highest BCUT2D eigenvalue weighted by molar-refractivity contribution is 7.10. The average molecular weight is 934 g/mol. The standard InChI is InChI=1S/C49H65F2N7O7S/c1-27-28(2)40(27)45(60)54-42-44(64-24-39(50)51)46-53-37(25-66-46)31-12-13-38-33(20-31)35(22-49(4,5)26-65-48(62)36-11-9-16-58(55-36)47(42)61)43(57(38)18-19-59)34-21-32(23-52-41(34)29(3)63-7)30-10-8-15-56(6)17-14-30/h12-13,20-21,23,25,27-30,36,39-40,42,44,55,59H,8-11,14-19,22,24,26H2,1-7H3,(H,54,60)/t27-,28+,29-,30-,36-,40?,42-,44-/m0/s1. The van der Waals surface area contributed by atoms with Crippen molar-refractivity contribution in [3.8, 4) is 22.5 Å². The van der Waals surface area contributed by atoms with Crippen molar-refractivity contribution in [2.75, 3.05) is 53.6 Å². The van der Waals surface area contributed by atoms with E-state index in [0.717, 1.165) is 88.2 Å². The van der Waals surface area contributed by atoms with Crippen LogP contribution in [0.5, 0.6) is 0 Å². The molecule has 4 aliphatic rings. The summed E-state index contributed by atoms with van der Waals surface area (Å²) in [6.07, 6.45) is 1.81. The molecule has 1 saturated carbocycles.